The summed E-state index contributed by atoms with van der Waals surface area (Å²) in [6.07, 6.45) is 7.30. The molecule has 5 heteroatoms. The normalized spacial score (nSPS) is 12.7. The molecule has 1 aliphatic rings. The molecule has 216 valence electrons. The number of hydrogen-bond donors (Lipinski definition) is 4. The Kier molecular flexibility index (Phi) is 8.26. The van der Waals surface area contributed by atoms with Crippen LogP contribution >= 0.6 is 0 Å². The Hall–Kier alpha value is -3.60. The predicted molar refractivity (Wildman–Crippen MR) is 176 cm³/mol. The van der Waals surface area contributed by atoms with Crippen molar-refractivity contribution in [1.82, 2.24) is 19.9 Å². The monoisotopic (exact) mass is 549 g/mol. The van der Waals surface area contributed by atoms with Crippen molar-refractivity contribution >= 4 is 44.2 Å². The Morgan fingerprint density at radius 1 is 0.512 bits per heavy atom. The number of nitrogens with zero attached hydrogens (tertiary/aromatic N) is 1. The summed E-state index contributed by atoms with van der Waals surface area (Å²) in [5.41, 5.74) is 19.1. The third-order valence-electron chi connectivity index (χ3n) is 9.16. The number of aryl methyl sites for hydroxylation is 6. The van der Waals surface area contributed by atoms with E-state index >= 15 is 0 Å². The van der Waals surface area contributed by atoms with Crippen molar-refractivity contribution in [3.05, 3.63) is 68.3 Å². The van der Waals surface area contributed by atoms with Gasteiger partial charge in [-0.25, -0.2) is 4.98 Å². The average Bonchev–Trinajstić information content (AvgIpc) is 3.76. The summed E-state index contributed by atoms with van der Waals surface area (Å²) in [4.78, 5) is 16.8. The lowest BCUT2D eigenvalue weighted by molar-refractivity contribution is 1.05. The van der Waals surface area contributed by atoms with E-state index < -0.39 is 0 Å². The van der Waals surface area contributed by atoms with Gasteiger partial charge in [0, 0.05) is 33.2 Å². The Morgan fingerprint density at radius 3 is 1.59 bits per heavy atom. The van der Waals surface area contributed by atoms with E-state index in [-0.39, 0.29) is 0 Å². The lowest BCUT2D eigenvalue weighted by atomic mass is 9.94. The molecule has 0 aliphatic carbocycles. The van der Waals surface area contributed by atoms with Gasteiger partial charge in [0.2, 0.25) is 0 Å². The molecule has 0 amide bonds. The van der Waals surface area contributed by atoms with Crippen molar-refractivity contribution < 1.29 is 0 Å². The highest BCUT2D eigenvalue weighted by Gasteiger charge is 2.24. The van der Waals surface area contributed by atoms with Crippen LogP contribution in [0.1, 0.15) is 113 Å². The molecule has 0 saturated heterocycles. The number of aromatic nitrogens is 4. The first-order chi connectivity index (χ1) is 19.9. The number of aromatic amines is 3. The lowest BCUT2D eigenvalue weighted by Crippen LogP contribution is -2.05. The smallest absolute Gasteiger partial charge is 0.102 e. The van der Waals surface area contributed by atoms with Crippen LogP contribution in [-0.4, -0.2) is 19.9 Å². The summed E-state index contributed by atoms with van der Waals surface area (Å²) in [5, 5.41) is 10.1. The second kappa shape index (κ2) is 11.7. The molecule has 0 atom stereocenters. The summed E-state index contributed by atoms with van der Waals surface area (Å²) in [6.45, 7) is 17.9. The molecule has 1 aliphatic heterocycles. The van der Waals surface area contributed by atoms with Gasteiger partial charge < -0.3 is 15.0 Å². The quantitative estimate of drug-likeness (QED) is 0.174. The number of fused-ring (bicyclic) bond motifs is 8. The molecule has 4 aromatic heterocycles. The summed E-state index contributed by atoms with van der Waals surface area (Å²) in [7, 11) is 0. The maximum Gasteiger partial charge on any atom is 0.102 e. The van der Waals surface area contributed by atoms with Gasteiger partial charge in [0.15, 0.2) is 0 Å². The molecule has 0 fully saturated rings. The molecular weight excluding hydrogens is 502 g/mol. The van der Waals surface area contributed by atoms with E-state index in [1.165, 1.54) is 50.0 Å². The minimum atomic E-state index is 0.562. The first-order valence-corrected chi connectivity index (χ1v) is 15.9. The van der Waals surface area contributed by atoms with Gasteiger partial charge in [0.05, 0.1) is 22.4 Å². The van der Waals surface area contributed by atoms with E-state index in [1.807, 2.05) is 0 Å². The van der Waals surface area contributed by atoms with Gasteiger partial charge in [-0.3, -0.25) is 5.41 Å². The molecule has 5 rings (SSSR count). The largest absolute Gasteiger partial charge is 0.355 e. The van der Waals surface area contributed by atoms with Crippen molar-refractivity contribution in [2.75, 3.05) is 0 Å². The molecule has 0 aromatic carbocycles. The van der Waals surface area contributed by atoms with E-state index in [1.54, 1.807) is 0 Å². The standard InChI is InChI=1S/C36H47N5/c1-9-21-22(10-2)35-31(37)36-26(14-6)25(13-5)34(41-36)28(16-8)33-24(12-4)23(11-3)32(40-33)27(15-7)29-18-17-20(38-29)19-30(21)39-35/h17-19,37-39,41H,9-16H2,1-8H3. The van der Waals surface area contributed by atoms with E-state index in [0.717, 1.165) is 90.3 Å². The number of H-pyrrole nitrogens is 3. The zero-order valence-electron chi connectivity index (χ0n) is 26.3. The summed E-state index contributed by atoms with van der Waals surface area (Å²) >= 11 is 0. The van der Waals surface area contributed by atoms with Crippen LogP contribution in [0.25, 0.3) is 44.2 Å². The Balaban J connectivity index is 2.15. The van der Waals surface area contributed by atoms with E-state index in [2.05, 4.69) is 88.5 Å². The van der Waals surface area contributed by atoms with Gasteiger partial charge in [-0.1, -0.05) is 55.4 Å². The summed E-state index contributed by atoms with van der Waals surface area (Å²) in [6, 6.07) is 6.62. The van der Waals surface area contributed by atoms with E-state index in [4.69, 9.17) is 4.98 Å². The van der Waals surface area contributed by atoms with E-state index in [9.17, 15) is 5.41 Å². The highest BCUT2D eigenvalue weighted by molar-refractivity contribution is 5.96. The maximum absolute atomic E-state index is 9.58. The van der Waals surface area contributed by atoms with Crippen LogP contribution < -0.4 is 5.36 Å². The highest BCUT2D eigenvalue weighted by atomic mass is 14.8. The van der Waals surface area contributed by atoms with Gasteiger partial charge >= 0.3 is 0 Å². The molecule has 0 radical (unpaired) electrons. The van der Waals surface area contributed by atoms with Crippen LogP contribution in [0.2, 0.25) is 0 Å². The topological polar surface area (TPSA) is 84.1 Å². The minimum Gasteiger partial charge on any atom is -0.355 e. The molecule has 4 N–H and O–H groups in total. The predicted octanol–water partition coefficient (Wildman–Crippen LogP) is 9.11. The van der Waals surface area contributed by atoms with Crippen LogP contribution in [0, 0.1) is 5.41 Å². The van der Waals surface area contributed by atoms with Gasteiger partial charge in [0.1, 0.15) is 5.36 Å². The number of allylic oxidation sites excluding steroid dienone is 2. The van der Waals surface area contributed by atoms with Gasteiger partial charge in [-0.15, -0.1) is 0 Å². The lowest BCUT2D eigenvalue weighted by Gasteiger charge is -2.09. The third kappa shape index (κ3) is 4.54. The molecule has 8 bridgehead atoms. The van der Waals surface area contributed by atoms with Gasteiger partial charge in [-0.2, -0.15) is 0 Å². The fraction of sp³-hybridized carbons (Fsp3) is 0.444. The second-order valence-electron chi connectivity index (χ2n) is 11.1. The van der Waals surface area contributed by atoms with Crippen LogP contribution in [-0.2, 0) is 38.5 Å². The molecule has 0 unspecified atom stereocenters. The van der Waals surface area contributed by atoms with E-state index in [0.29, 0.717) is 5.36 Å². The Bertz CT molecular complexity index is 1840. The number of hydrogen-bond acceptors (Lipinski definition) is 2. The molecule has 4 aromatic rings. The van der Waals surface area contributed by atoms with Crippen molar-refractivity contribution in [2.45, 2.75) is 107 Å². The zero-order chi connectivity index (χ0) is 29.4. The van der Waals surface area contributed by atoms with Crippen molar-refractivity contribution in [2.24, 2.45) is 0 Å². The first kappa shape index (κ1) is 28.9. The maximum atomic E-state index is 9.58. The molecule has 41 heavy (non-hydrogen) atoms. The Morgan fingerprint density at radius 2 is 1.02 bits per heavy atom. The van der Waals surface area contributed by atoms with Crippen LogP contribution in [0.3, 0.4) is 0 Å². The molecule has 0 saturated carbocycles. The zero-order valence-corrected chi connectivity index (χ0v) is 26.3. The molecule has 0 spiro atoms. The van der Waals surface area contributed by atoms with Crippen LogP contribution in [0.5, 0.6) is 0 Å². The summed E-state index contributed by atoms with van der Waals surface area (Å²) < 4.78 is 0. The summed E-state index contributed by atoms with van der Waals surface area (Å²) in [5.74, 6) is 0. The SMILES string of the molecule is CCC1=C(CC)c2nc1c(CC)c1ccc(cc3[nH]c(c(CC)c3CC)c(=N)c3[nH]c(c2CC)c(CC)c3CC)[nH]1. The van der Waals surface area contributed by atoms with Gasteiger partial charge in [0.25, 0.3) is 0 Å². The van der Waals surface area contributed by atoms with Crippen LogP contribution in [0.4, 0.5) is 0 Å². The minimum absolute atomic E-state index is 0.562. The first-order valence-electron chi connectivity index (χ1n) is 15.9. The third-order valence-corrected chi connectivity index (χ3v) is 9.16. The number of rotatable bonds is 8. The molecule has 5 heterocycles. The Labute approximate surface area is 244 Å². The molecular formula is C36H47N5. The van der Waals surface area contributed by atoms with Crippen molar-refractivity contribution in [1.29, 1.82) is 5.41 Å². The van der Waals surface area contributed by atoms with Crippen molar-refractivity contribution in [3.8, 4) is 0 Å². The van der Waals surface area contributed by atoms with Crippen molar-refractivity contribution in [3.63, 3.8) is 0 Å². The number of nitrogens with one attached hydrogen (secondary N) is 4. The fourth-order valence-corrected chi connectivity index (χ4v) is 7.25. The van der Waals surface area contributed by atoms with Crippen LogP contribution in [0.15, 0.2) is 18.2 Å². The highest BCUT2D eigenvalue weighted by Crippen LogP contribution is 2.39. The molecule has 5 nitrogen and oxygen atoms in total. The average molecular weight is 550 g/mol. The second-order valence-corrected chi connectivity index (χ2v) is 11.1. The fourth-order valence-electron chi connectivity index (χ4n) is 7.25. The van der Waals surface area contributed by atoms with Gasteiger partial charge in [-0.05, 0) is 103 Å².